The average molecular weight is 449 g/mol. The van der Waals surface area contributed by atoms with Crippen molar-refractivity contribution in [1.29, 1.82) is 5.26 Å². The third-order valence-electron chi connectivity index (χ3n) is 6.69. The molecule has 33 heavy (non-hydrogen) atoms. The van der Waals surface area contributed by atoms with Crippen molar-refractivity contribution in [3.8, 4) is 6.07 Å². The van der Waals surface area contributed by atoms with Crippen molar-refractivity contribution in [2.24, 2.45) is 11.3 Å². The molecule has 4 rings (SSSR count). The van der Waals surface area contributed by atoms with Crippen LogP contribution in [0, 0.1) is 22.7 Å². The highest BCUT2D eigenvalue weighted by Crippen LogP contribution is 2.41. The molecular formula is C25H32N6O2. The summed E-state index contributed by atoms with van der Waals surface area (Å²) in [4.78, 5) is 18.0. The maximum atomic E-state index is 12.1. The molecule has 1 amide bonds. The van der Waals surface area contributed by atoms with Gasteiger partial charge < -0.3 is 9.67 Å². The van der Waals surface area contributed by atoms with Gasteiger partial charge in [-0.3, -0.25) is 9.58 Å². The van der Waals surface area contributed by atoms with E-state index < -0.39 is 6.09 Å². The molecule has 0 aliphatic heterocycles. The van der Waals surface area contributed by atoms with Gasteiger partial charge in [0.1, 0.15) is 0 Å². The topological polar surface area (TPSA) is 100.0 Å². The quantitative estimate of drug-likeness (QED) is 0.575. The second kappa shape index (κ2) is 8.54. The minimum atomic E-state index is -0.967. The number of aromatic nitrogens is 4. The minimum absolute atomic E-state index is 0.0220. The van der Waals surface area contributed by atoms with Crippen molar-refractivity contribution < 1.29 is 9.90 Å². The first-order valence-electron chi connectivity index (χ1n) is 11.5. The Morgan fingerprint density at radius 2 is 2.15 bits per heavy atom. The van der Waals surface area contributed by atoms with Crippen LogP contribution >= 0.6 is 0 Å². The van der Waals surface area contributed by atoms with Crippen molar-refractivity contribution in [3.63, 3.8) is 0 Å². The zero-order valence-corrected chi connectivity index (χ0v) is 19.8. The number of imidazole rings is 1. The summed E-state index contributed by atoms with van der Waals surface area (Å²) in [5.41, 5.74) is 2.30. The molecule has 0 saturated heterocycles. The first-order valence-corrected chi connectivity index (χ1v) is 11.5. The summed E-state index contributed by atoms with van der Waals surface area (Å²) in [6, 6.07) is 9.56. The summed E-state index contributed by atoms with van der Waals surface area (Å²) in [6.07, 6.45) is 6.79. The van der Waals surface area contributed by atoms with Crippen LogP contribution < -0.4 is 4.90 Å². The largest absolute Gasteiger partial charge is 0.465 e. The number of hydrogen-bond donors (Lipinski definition) is 1. The Bertz CT molecular complexity index is 1200. The molecule has 2 atom stereocenters. The number of carboxylic acid groups (broad SMARTS) is 1. The standard InChI is InChI=1S/C25H32N6O2/c1-24(2,3)31-11-9-22(28-31)30(23(32)33)15-19-6-5-10-25(4,13-19)16-29-17-27-20-8-7-18(14-26)12-21(20)29/h7-9,11-12,17,19H,5-6,10,13,15-16H2,1-4H3,(H,32,33)/t19?,25-/m0/s1. The molecule has 8 heteroatoms. The van der Waals surface area contributed by atoms with E-state index in [1.54, 1.807) is 12.1 Å². The van der Waals surface area contributed by atoms with Crippen LogP contribution in [0.3, 0.4) is 0 Å². The van der Waals surface area contributed by atoms with Crippen LogP contribution in [0.2, 0.25) is 0 Å². The lowest BCUT2D eigenvalue weighted by molar-refractivity contribution is 0.136. The van der Waals surface area contributed by atoms with Crippen molar-refractivity contribution in [3.05, 3.63) is 42.4 Å². The van der Waals surface area contributed by atoms with Crippen LogP contribution in [0.25, 0.3) is 11.0 Å². The molecule has 0 spiro atoms. The Morgan fingerprint density at radius 3 is 2.82 bits per heavy atom. The lowest BCUT2D eigenvalue weighted by Gasteiger charge is -2.39. The first-order chi connectivity index (χ1) is 15.6. The highest BCUT2D eigenvalue weighted by atomic mass is 16.4. The fraction of sp³-hybridized carbons (Fsp3) is 0.520. The molecule has 0 bridgehead atoms. The van der Waals surface area contributed by atoms with Crippen molar-refractivity contribution >= 4 is 22.9 Å². The van der Waals surface area contributed by atoms with E-state index >= 15 is 0 Å². The minimum Gasteiger partial charge on any atom is -0.465 e. The number of hydrogen-bond acceptors (Lipinski definition) is 4. The third-order valence-corrected chi connectivity index (χ3v) is 6.69. The molecule has 1 N–H and O–H groups in total. The highest BCUT2D eigenvalue weighted by Gasteiger charge is 2.35. The lowest BCUT2D eigenvalue weighted by Crippen LogP contribution is -2.39. The molecule has 1 unspecified atom stereocenters. The number of nitrogens with zero attached hydrogens (tertiary/aromatic N) is 6. The molecule has 174 valence electrons. The summed E-state index contributed by atoms with van der Waals surface area (Å²) in [6.45, 7) is 9.64. The Morgan fingerprint density at radius 1 is 1.36 bits per heavy atom. The van der Waals surface area contributed by atoms with Crippen LogP contribution in [0.15, 0.2) is 36.8 Å². The fourth-order valence-corrected chi connectivity index (χ4v) is 5.04. The number of anilines is 1. The SMILES string of the molecule is CC(C)(C)n1ccc(N(CC2CCC[C@](C)(Cn3cnc4ccc(C#N)cc43)C2)C(=O)O)n1. The number of amides is 1. The highest BCUT2D eigenvalue weighted by molar-refractivity contribution is 5.84. The van der Waals surface area contributed by atoms with Gasteiger partial charge in [-0.15, -0.1) is 0 Å². The molecule has 2 aromatic heterocycles. The molecule has 2 heterocycles. The van der Waals surface area contributed by atoms with Crippen LogP contribution in [0.5, 0.6) is 0 Å². The Kier molecular flexibility index (Phi) is 5.91. The molecule has 1 saturated carbocycles. The monoisotopic (exact) mass is 448 g/mol. The molecule has 3 aromatic rings. The van der Waals surface area contributed by atoms with Gasteiger partial charge in [0, 0.05) is 25.4 Å². The van der Waals surface area contributed by atoms with Gasteiger partial charge >= 0.3 is 6.09 Å². The first kappa shape index (κ1) is 22.8. The van der Waals surface area contributed by atoms with E-state index in [-0.39, 0.29) is 16.9 Å². The van der Waals surface area contributed by atoms with Crippen LogP contribution in [-0.2, 0) is 12.1 Å². The normalized spacial score (nSPS) is 21.1. The summed E-state index contributed by atoms with van der Waals surface area (Å²) >= 11 is 0. The number of nitriles is 1. The molecule has 1 fully saturated rings. The molecule has 1 aromatic carbocycles. The number of rotatable bonds is 5. The maximum Gasteiger partial charge on any atom is 0.413 e. The van der Waals surface area contributed by atoms with Crippen molar-refractivity contribution in [2.45, 2.75) is 65.5 Å². The van der Waals surface area contributed by atoms with E-state index in [9.17, 15) is 15.2 Å². The second-order valence-electron chi connectivity index (χ2n) is 10.6. The molecule has 0 radical (unpaired) electrons. The lowest BCUT2D eigenvalue weighted by atomic mass is 9.70. The number of benzene rings is 1. The second-order valence-corrected chi connectivity index (χ2v) is 10.6. The Balaban J connectivity index is 1.51. The van der Waals surface area contributed by atoms with Gasteiger partial charge in [0.25, 0.3) is 0 Å². The van der Waals surface area contributed by atoms with Gasteiger partial charge in [0.2, 0.25) is 0 Å². The van der Waals surface area contributed by atoms with Crippen LogP contribution in [-0.4, -0.2) is 37.1 Å². The zero-order valence-electron chi connectivity index (χ0n) is 19.8. The van der Waals surface area contributed by atoms with Gasteiger partial charge in [-0.05, 0) is 69.6 Å². The Hall–Kier alpha value is -3.34. The van der Waals surface area contributed by atoms with Crippen molar-refractivity contribution in [2.75, 3.05) is 11.4 Å². The predicted octanol–water partition coefficient (Wildman–Crippen LogP) is 5.24. The molecular weight excluding hydrogens is 416 g/mol. The van der Waals surface area contributed by atoms with E-state index in [2.05, 4.69) is 27.6 Å². The van der Waals surface area contributed by atoms with E-state index in [4.69, 9.17) is 0 Å². The van der Waals surface area contributed by atoms with Crippen LogP contribution in [0.1, 0.15) is 58.9 Å². The summed E-state index contributed by atoms with van der Waals surface area (Å²) in [7, 11) is 0. The summed E-state index contributed by atoms with van der Waals surface area (Å²) < 4.78 is 3.95. The van der Waals surface area contributed by atoms with Crippen molar-refractivity contribution in [1.82, 2.24) is 19.3 Å². The average Bonchev–Trinajstić information content (AvgIpc) is 3.39. The van der Waals surface area contributed by atoms with Crippen LogP contribution in [0.4, 0.5) is 10.6 Å². The molecule has 8 nitrogen and oxygen atoms in total. The van der Waals surface area contributed by atoms with Gasteiger partial charge in [0.15, 0.2) is 5.82 Å². The number of carbonyl (C=O) groups is 1. The smallest absolute Gasteiger partial charge is 0.413 e. The molecule has 1 aliphatic rings. The zero-order chi connectivity index (χ0) is 23.8. The van der Waals surface area contributed by atoms with Gasteiger partial charge in [-0.1, -0.05) is 13.3 Å². The van der Waals surface area contributed by atoms with Gasteiger partial charge in [0.05, 0.1) is 34.5 Å². The fourth-order valence-electron chi connectivity index (χ4n) is 5.04. The van der Waals surface area contributed by atoms with E-state index in [0.29, 0.717) is 17.9 Å². The van der Waals surface area contributed by atoms with E-state index in [1.165, 1.54) is 4.90 Å². The maximum absolute atomic E-state index is 12.1. The van der Waals surface area contributed by atoms with E-state index in [1.807, 2.05) is 50.1 Å². The molecule has 1 aliphatic carbocycles. The Labute approximate surface area is 194 Å². The summed E-state index contributed by atoms with van der Waals surface area (Å²) in [5, 5.41) is 23.7. The van der Waals surface area contributed by atoms with Gasteiger partial charge in [-0.2, -0.15) is 10.4 Å². The summed E-state index contributed by atoms with van der Waals surface area (Å²) in [5.74, 6) is 0.735. The predicted molar refractivity (Wildman–Crippen MR) is 127 cm³/mol. The van der Waals surface area contributed by atoms with E-state index in [0.717, 1.165) is 43.3 Å². The van der Waals surface area contributed by atoms with Gasteiger partial charge in [-0.25, -0.2) is 9.78 Å². The third kappa shape index (κ3) is 4.87. The number of fused-ring (bicyclic) bond motifs is 1.